The molecule has 0 bridgehead atoms. The van der Waals surface area contributed by atoms with Gasteiger partial charge in [0.25, 0.3) is 11.5 Å². The van der Waals surface area contributed by atoms with Crippen molar-refractivity contribution in [3.8, 4) is 6.07 Å². The number of hydrogen-bond donors (Lipinski definition) is 0. The molecular weight excluding hydrogens is 440 g/mol. The number of pyridine rings is 1. The number of aromatic nitrogens is 1. The van der Waals surface area contributed by atoms with Crippen LogP contribution in [0.25, 0.3) is 6.08 Å². The summed E-state index contributed by atoms with van der Waals surface area (Å²) in [6.45, 7) is 10.1. The third-order valence-electron chi connectivity index (χ3n) is 6.33. The van der Waals surface area contributed by atoms with Crippen molar-refractivity contribution in [2.45, 2.75) is 78.8 Å². The van der Waals surface area contributed by atoms with Gasteiger partial charge in [-0.1, -0.05) is 50.7 Å². The summed E-state index contributed by atoms with van der Waals surface area (Å²) in [4.78, 5) is 31.0. The number of nitriles is 1. The highest BCUT2D eigenvalue weighted by Gasteiger charge is 2.35. The van der Waals surface area contributed by atoms with Gasteiger partial charge >= 0.3 is 0 Å². The van der Waals surface area contributed by atoms with E-state index >= 15 is 0 Å². The molecule has 0 N–H and O–H groups in total. The molecule has 1 amide bonds. The first-order chi connectivity index (χ1) is 15.3. The summed E-state index contributed by atoms with van der Waals surface area (Å²) >= 11 is 6.81. The standard InChI is InChI=1S/C24H32N4O2S2/c1-5-11-27-21(26-12-9-7-8-10-13-26)18(17(4)19(15-25)22(27)29)14-20-23(30)28(16(3)6-2)24(31)32-20/h14,16H,5-13H2,1-4H3. The van der Waals surface area contributed by atoms with Crippen molar-refractivity contribution in [3.05, 3.63) is 31.9 Å². The fourth-order valence-electron chi connectivity index (χ4n) is 4.37. The molecule has 2 aliphatic rings. The SMILES string of the molecule is CCCn1c(N2CCCCCC2)c(C=C2SC(=S)N(C(C)CC)C2=O)c(C)c(C#N)c1=O. The average Bonchev–Trinajstić information content (AvgIpc) is 2.93. The zero-order valence-corrected chi connectivity index (χ0v) is 21.1. The van der Waals surface area contributed by atoms with Gasteiger partial charge in [-0.15, -0.1) is 0 Å². The van der Waals surface area contributed by atoms with Crippen LogP contribution in [0.4, 0.5) is 5.82 Å². The Kier molecular flexibility index (Phi) is 8.18. The van der Waals surface area contributed by atoms with E-state index in [1.165, 1.54) is 24.6 Å². The third kappa shape index (κ3) is 4.65. The predicted octanol–water partition coefficient (Wildman–Crippen LogP) is 4.82. The van der Waals surface area contributed by atoms with E-state index in [0.717, 1.165) is 50.2 Å². The molecule has 0 radical (unpaired) electrons. The first kappa shape index (κ1) is 24.5. The highest BCUT2D eigenvalue weighted by molar-refractivity contribution is 8.26. The molecule has 1 aromatic rings. The maximum atomic E-state index is 13.2. The second-order valence-electron chi connectivity index (χ2n) is 8.52. The zero-order chi connectivity index (χ0) is 23.4. The normalized spacial score (nSPS) is 19.4. The van der Waals surface area contributed by atoms with Crippen molar-refractivity contribution in [2.75, 3.05) is 18.0 Å². The van der Waals surface area contributed by atoms with Crippen molar-refractivity contribution in [3.63, 3.8) is 0 Å². The molecule has 3 rings (SSSR count). The van der Waals surface area contributed by atoms with Crippen LogP contribution in [0, 0.1) is 18.3 Å². The lowest BCUT2D eigenvalue weighted by molar-refractivity contribution is -0.123. The Bertz CT molecular complexity index is 1030. The van der Waals surface area contributed by atoms with E-state index in [9.17, 15) is 14.9 Å². The van der Waals surface area contributed by atoms with Crippen LogP contribution < -0.4 is 10.5 Å². The highest BCUT2D eigenvalue weighted by Crippen LogP contribution is 2.37. The van der Waals surface area contributed by atoms with Gasteiger partial charge in [-0.25, -0.2) is 0 Å². The molecule has 172 valence electrons. The average molecular weight is 473 g/mol. The van der Waals surface area contributed by atoms with E-state index in [4.69, 9.17) is 12.2 Å². The minimum absolute atomic E-state index is 0.0308. The number of nitrogens with zero attached hydrogens (tertiary/aromatic N) is 4. The van der Waals surface area contributed by atoms with E-state index in [2.05, 4.69) is 11.0 Å². The number of rotatable bonds is 6. The second kappa shape index (κ2) is 10.7. The van der Waals surface area contributed by atoms with Gasteiger partial charge in [-0.2, -0.15) is 5.26 Å². The number of amides is 1. The Morgan fingerprint density at radius 1 is 1.19 bits per heavy atom. The smallest absolute Gasteiger partial charge is 0.270 e. The third-order valence-corrected chi connectivity index (χ3v) is 7.66. The molecule has 0 aliphatic carbocycles. The molecule has 0 spiro atoms. The van der Waals surface area contributed by atoms with Crippen molar-refractivity contribution in [1.82, 2.24) is 9.47 Å². The Morgan fingerprint density at radius 3 is 2.41 bits per heavy atom. The Hall–Kier alpha value is -2.11. The van der Waals surface area contributed by atoms with E-state index in [1.807, 2.05) is 33.8 Å². The lowest BCUT2D eigenvalue weighted by Crippen LogP contribution is -2.36. The van der Waals surface area contributed by atoms with Crippen LogP contribution in [0.2, 0.25) is 0 Å². The molecule has 2 saturated heterocycles. The number of hydrogen-bond acceptors (Lipinski definition) is 6. The van der Waals surface area contributed by atoms with Gasteiger partial charge in [0.15, 0.2) is 0 Å². The summed E-state index contributed by atoms with van der Waals surface area (Å²) in [7, 11) is 0. The van der Waals surface area contributed by atoms with Crippen LogP contribution in [0.1, 0.15) is 76.0 Å². The summed E-state index contributed by atoms with van der Waals surface area (Å²) in [6, 6.07) is 2.15. The van der Waals surface area contributed by atoms with E-state index in [0.29, 0.717) is 21.3 Å². The molecule has 2 fully saturated rings. The number of thiocarbonyl (C=S) groups is 1. The summed E-state index contributed by atoms with van der Waals surface area (Å²) in [5, 5.41) is 9.77. The molecule has 3 heterocycles. The molecule has 0 aromatic carbocycles. The molecule has 1 aromatic heterocycles. The Balaban J connectivity index is 2.24. The quantitative estimate of drug-likeness (QED) is 0.437. The van der Waals surface area contributed by atoms with Crippen LogP contribution >= 0.6 is 24.0 Å². The molecule has 1 unspecified atom stereocenters. The van der Waals surface area contributed by atoms with Gasteiger partial charge < -0.3 is 4.90 Å². The minimum atomic E-state index is -0.240. The van der Waals surface area contributed by atoms with Crippen LogP contribution in [0.15, 0.2) is 9.70 Å². The maximum absolute atomic E-state index is 13.2. The van der Waals surface area contributed by atoms with E-state index in [1.54, 1.807) is 9.47 Å². The predicted molar refractivity (Wildman–Crippen MR) is 136 cm³/mol. The fourth-order valence-corrected chi connectivity index (χ4v) is 5.82. The van der Waals surface area contributed by atoms with Gasteiger partial charge in [0.1, 0.15) is 21.8 Å². The Morgan fingerprint density at radius 2 is 1.84 bits per heavy atom. The van der Waals surface area contributed by atoms with Crippen molar-refractivity contribution >= 4 is 46.1 Å². The first-order valence-corrected chi connectivity index (χ1v) is 12.8. The number of carbonyl (C=O) groups is 1. The monoisotopic (exact) mass is 472 g/mol. The zero-order valence-electron chi connectivity index (χ0n) is 19.4. The minimum Gasteiger partial charge on any atom is -0.357 e. The Labute approximate surface area is 200 Å². The van der Waals surface area contributed by atoms with Crippen LogP contribution in [-0.2, 0) is 11.3 Å². The molecule has 0 saturated carbocycles. The molecule has 32 heavy (non-hydrogen) atoms. The van der Waals surface area contributed by atoms with Gasteiger partial charge in [-0.05, 0) is 51.2 Å². The molecule has 2 aliphatic heterocycles. The molecule has 6 nitrogen and oxygen atoms in total. The number of carbonyl (C=O) groups excluding carboxylic acids is 1. The topological polar surface area (TPSA) is 69.3 Å². The fraction of sp³-hybridized carbons (Fsp3) is 0.583. The van der Waals surface area contributed by atoms with E-state index in [-0.39, 0.29) is 23.1 Å². The molecule has 8 heteroatoms. The number of anilines is 1. The summed E-state index contributed by atoms with van der Waals surface area (Å²) in [5.74, 6) is 0.742. The highest BCUT2D eigenvalue weighted by atomic mass is 32.2. The largest absolute Gasteiger partial charge is 0.357 e. The first-order valence-electron chi connectivity index (χ1n) is 11.5. The summed E-state index contributed by atoms with van der Waals surface area (Å²) in [5.41, 5.74) is 1.34. The summed E-state index contributed by atoms with van der Waals surface area (Å²) in [6.07, 6.45) is 7.94. The lowest BCUT2D eigenvalue weighted by atomic mass is 10.0. The van der Waals surface area contributed by atoms with Crippen LogP contribution in [0.5, 0.6) is 0 Å². The van der Waals surface area contributed by atoms with Gasteiger partial charge in [0.05, 0.1) is 4.91 Å². The maximum Gasteiger partial charge on any atom is 0.270 e. The lowest BCUT2D eigenvalue weighted by Gasteiger charge is -2.29. The molecular formula is C24H32N4O2S2. The van der Waals surface area contributed by atoms with Crippen LogP contribution in [0.3, 0.4) is 0 Å². The van der Waals surface area contributed by atoms with Crippen LogP contribution in [-0.4, -0.2) is 38.8 Å². The van der Waals surface area contributed by atoms with E-state index < -0.39 is 0 Å². The van der Waals surface area contributed by atoms with Crippen molar-refractivity contribution in [2.24, 2.45) is 0 Å². The number of thioether (sulfide) groups is 1. The van der Waals surface area contributed by atoms with Gasteiger partial charge in [0, 0.05) is 31.2 Å². The summed E-state index contributed by atoms with van der Waals surface area (Å²) < 4.78 is 2.31. The second-order valence-corrected chi connectivity index (χ2v) is 10.2. The van der Waals surface area contributed by atoms with Gasteiger partial charge in [0.2, 0.25) is 0 Å². The molecule has 1 atom stereocenters. The van der Waals surface area contributed by atoms with Crippen molar-refractivity contribution in [1.29, 1.82) is 5.26 Å². The van der Waals surface area contributed by atoms with Crippen molar-refractivity contribution < 1.29 is 4.79 Å². The van der Waals surface area contributed by atoms with Gasteiger partial charge in [-0.3, -0.25) is 19.1 Å².